The monoisotopic (exact) mass is 314 g/mol. The van der Waals surface area contributed by atoms with Crippen molar-refractivity contribution in [1.82, 2.24) is 5.32 Å². The summed E-state index contributed by atoms with van der Waals surface area (Å²) in [6, 6.07) is 5.10. The molecule has 4 N–H and O–H groups in total. The van der Waals surface area contributed by atoms with E-state index in [-0.39, 0.29) is 5.91 Å². The molecule has 0 unspecified atom stereocenters. The van der Waals surface area contributed by atoms with E-state index in [4.69, 9.17) is 5.73 Å². The zero-order chi connectivity index (χ0) is 14.1. The predicted octanol–water partition coefficient (Wildman–Crippen LogP) is 2.31. The topological polar surface area (TPSA) is 75.3 Å². The molecule has 1 amide bonds. The number of benzene rings is 1. The molecule has 0 heterocycles. The Bertz CT molecular complexity index is 465. The first kappa shape index (κ1) is 15.0. The minimum Gasteiger partial charge on any atom is -0.398 e. The molecule has 1 rings (SSSR count). The Morgan fingerprint density at radius 3 is 2.39 bits per heavy atom. The van der Waals surface area contributed by atoms with Crippen LogP contribution in [0.25, 0.3) is 0 Å². The van der Waals surface area contributed by atoms with Gasteiger partial charge >= 0.3 is 0 Å². The van der Waals surface area contributed by atoms with Crippen molar-refractivity contribution in [3.05, 3.63) is 28.2 Å². The van der Waals surface area contributed by atoms with E-state index in [9.17, 15) is 9.90 Å². The first-order chi connectivity index (χ1) is 8.06. The van der Waals surface area contributed by atoms with Crippen LogP contribution >= 0.6 is 15.9 Å². The van der Waals surface area contributed by atoms with E-state index in [2.05, 4.69) is 21.2 Å². The van der Waals surface area contributed by atoms with E-state index in [0.717, 1.165) is 0 Å². The van der Waals surface area contributed by atoms with Crippen LogP contribution in [-0.4, -0.2) is 22.2 Å². The Labute approximate surface area is 116 Å². The number of anilines is 1. The normalized spacial score (nSPS) is 12.3. The van der Waals surface area contributed by atoms with Gasteiger partial charge in [-0.05, 0) is 55.8 Å². The van der Waals surface area contributed by atoms with Gasteiger partial charge in [-0.25, -0.2) is 0 Å². The molecule has 0 radical (unpaired) electrons. The molecule has 0 atom stereocenters. The summed E-state index contributed by atoms with van der Waals surface area (Å²) in [5.74, 6) is -0.277. The standard InChI is InChI=1S/C13H19BrN2O2/c1-12(2,13(3,4)18)16-11(17)8-6-5-7-9(15)10(8)14/h5-7,18H,15H2,1-4H3,(H,16,17). The van der Waals surface area contributed by atoms with Crippen LogP contribution in [0, 0.1) is 0 Å². The van der Waals surface area contributed by atoms with Gasteiger partial charge in [0.05, 0.1) is 21.2 Å². The second kappa shape index (κ2) is 4.90. The second-order valence-electron chi connectivity index (χ2n) is 5.35. The van der Waals surface area contributed by atoms with E-state index in [1.54, 1.807) is 45.9 Å². The molecule has 1 aromatic rings. The number of hydrogen-bond acceptors (Lipinski definition) is 3. The summed E-state index contributed by atoms with van der Waals surface area (Å²) in [4.78, 5) is 12.2. The molecule has 0 aliphatic heterocycles. The molecule has 0 aromatic heterocycles. The summed E-state index contributed by atoms with van der Waals surface area (Å²) in [5.41, 5.74) is 4.90. The number of aliphatic hydroxyl groups is 1. The first-order valence-corrected chi connectivity index (χ1v) is 6.44. The van der Waals surface area contributed by atoms with Crippen LogP contribution in [0.2, 0.25) is 0 Å². The highest BCUT2D eigenvalue weighted by Gasteiger charge is 2.36. The Balaban J connectivity index is 3.00. The van der Waals surface area contributed by atoms with Gasteiger partial charge in [0.15, 0.2) is 0 Å². The third-order valence-corrected chi connectivity index (χ3v) is 4.11. The van der Waals surface area contributed by atoms with Crippen molar-refractivity contribution in [2.24, 2.45) is 0 Å². The van der Waals surface area contributed by atoms with Gasteiger partial charge in [0.25, 0.3) is 5.91 Å². The Morgan fingerprint density at radius 1 is 1.33 bits per heavy atom. The van der Waals surface area contributed by atoms with Gasteiger partial charge in [-0.3, -0.25) is 4.79 Å². The van der Waals surface area contributed by atoms with Crippen LogP contribution in [0.5, 0.6) is 0 Å². The number of nitrogens with one attached hydrogen (secondary N) is 1. The summed E-state index contributed by atoms with van der Waals surface area (Å²) in [7, 11) is 0. The lowest BCUT2D eigenvalue weighted by Crippen LogP contribution is -2.57. The van der Waals surface area contributed by atoms with E-state index in [1.807, 2.05) is 0 Å². The van der Waals surface area contributed by atoms with Crippen molar-refractivity contribution >= 4 is 27.5 Å². The fraction of sp³-hybridized carbons (Fsp3) is 0.462. The number of hydrogen-bond donors (Lipinski definition) is 3. The molecule has 18 heavy (non-hydrogen) atoms. The molecule has 0 bridgehead atoms. The van der Waals surface area contributed by atoms with Gasteiger partial charge in [0.2, 0.25) is 0 Å². The number of carbonyl (C=O) groups is 1. The average Bonchev–Trinajstić information content (AvgIpc) is 2.19. The molecule has 0 aliphatic carbocycles. The molecule has 0 saturated carbocycles. The summed E-state index contributed by atoms with van der Waals surface area (Å²) >= 11 is 3.29. The number of nitrogens with two attached hydrogens (primary N) is 1. The van der Waals surface area contributed by atoms with Crippen LogP contribution in [0.3, 0.4) is 0 Å². The third kappa shape index (κ3) is 3.03. The number of nitrogen functional groups attached to an aromatic ring is 1. The third-order valence-electron chi connectivity index (χ3n) is 3.23. The highest BCUT2D eigenvalue weighted by molar-refractivity contribution is 9.10. The van der Waals surface area contributed by atoms with E-state index < -0.39 is 11.1 Å². The molecule has 0 fully saturated rings. The smallest absolute Gasteiger partial charge is 0.253 e. The lowest BCUT2D eigenvalue weighted by atomic mass is 9.85. The minimum atomic E-state index is -1.03. The van der Waals surface area contributed by atoms with Gasteiger partial charge in [0, 0.05) is 5.69 Å². The maximum absolute atomic E-state index is 12.2. The van der Waals surface area contributed by atoms with Crippen molar-refractivity contribution in [1.29, 1.82) is 0 Å². The Morgan fingerprint density at radius 2 is 1.89 bits per heavy atom. The Hall–Kier alpha value is -1.07. The highest BCUT2D eigenvalue weighted by atomic mass is 79.9. The molecule has 0 saturated heterocycles. The largest absolute Gasteiger partial charge is 0.398 e. The van der Waals surface area contributed by atoms with Gasteiger partial charge in [0.1, 0.15) is 0 Å². The minimum absolute atomic E-state index is 0.277. The van der Waals surface area contributed by atoms with E-state index >= 15 is 0 Å². The zero-order valence-corrected chi connectivity index (χ0v) is 12.6. The molecular formula is C13H19BrN2O2. The number of halogens is 1. The molecule has 0 spiro atoms. The summed E-state index contributed by atoms with van der Waals surface area (Å²) in [6.45, 7) is 6.85. The molecular weight excluding hydrogens is 296 g/mol. The molecule has 1 aromatic carbocycles. The first-order valence-electron chi connectivity index (χ1n) is 5.65. The maximum atomic E-state index is 12.2. The molecule has 4 nitrogen and oxygen atoms in total. The maximum Gasteiger partial charge on any atom is 0.253 e. The van der Waals surface area contributed by atoms with E-state index in [0.29, 0.717) is 15.7 Å². The number of amides is 1. The van der Waals surface area contributed by atoms with Gasteiger partial charge in [-0.15, -0.1) is 0 Å². The lowest BCUT2D eigenvalue weighted by Gasteiger charge is -2.38. The van der Waals surface area contributed by atoms with Gasteiger partial charge < -0.3 is 16.2 Å². The van der Waals surface area contributed by atoms with Crippen molar-refractivity contribution < 1.29 is 9.90 Å². The van der Waals surface area contributed by atoms with Gasteiger partial charge in [-0.1, -0.05) is 6.07 Å². The number of rotatable bonds is 3. The average molecular weight is 315 g/mol. The van der Waals surface area contributed by atoms with Crippen LogP contribution < -0.4 is 11.1 Å². The SMILES string of the molecule is CC(C)(O)C(C)(C)NC(=O)c1cccc(N)c1Br. The van der Waals surface area contributed by atoms with Crippen molar-refractivity contribution in [2.75, 3.05) is 5.73 Å². The van der Waals surface area contributed by atoms with Crippen LogP contribution in [-0.2, 0) is 0 Å². The molecule has 5 heteroatoms. The van der Waals surface area contributed by atoms with Crippen LogP contribution in [0.1, 0.15) is 38.1 Å². The van der Waals surface area contributed by atoms with E-state index in [1.165, 1.54) is 0 Å². The number of carbonyl (C=O) groups excluding carboxylic acids is 1. The summed E-state index contributed by atoms with van der Waals surface area (Å²) in [5, 5.41) is 12.8. The lowest BCUT2D eigenvalue weighted by molar-refractivity contribution is -0.00294. The molecule has 100 valence electrons. The van der Waals surface area contributed by atoms with Crippen LogP contribution in [0.4, 0.5) is 5.69 Å². The summed E-state index contributed by atoms with van der Waals surface area (Å²) < 4.78 is 0.564. The second-order valence-corrected chi connectivity index (χ2v) is 6.14. The molecule has 0 aliphatic rings. The van der Waals surface area contributed by atoms with Crippen molar-refractivity contribution in [3.63, 3.8) is 0 Å². The fourth-order valence-electron chi connectivity index (χ4n) is 1.23. The summed E-state index contributed by atoms with van der Waals surface area (Å²) in [6.07, 6.45) is 0. The van der Waals surface area contributed by atoms with Gasteiger partial charge in [-0.2, -0.15) is 0 Å². The van der Waals surface area contributed by atoms with Crippen LogP contribution in [0.15, 0.2) is 22.7 Å². The predicted molar refractivity (Wildman–Crippen MR) is 76.4 cm³/mol. The highest BCUT2D eigenvalue weighted by Crippen LogP contribution is 2.26. The quantitative estimate of drug-likeness (QED) is 0.749. The fourth-order valence-corrected chi connectivity index (χ4v) is 1.67. The van der Waals surface area contributed by atoms with Crippen molar-refractivity contribution in [2.45, 2.75) is 38.8 Å². The Kier molecular flexibility index (Phi) is 4.08. The zero-order valence-electron chi connectivity index (χ0n) is 11.0. The van der Waals surface area contributed by atoms with Crippen molar-refractivity contribution in [3.8, 4) is 0 Å².